The van der Waals surface area contributed by atoms with E-state index in [0.29, 0.717) is 18.5 Å². The van der Waals surface area contributed by atoms with Crippen molar-refractivity contribution in [2.24, 2.45) is 5.92 Å². The highest BCUT2D eigenvalue weighted by molar-refractivity contribution is 5.38. The highest BCUT2D eigenvalue weighted by atomic mass is 16.5. The maximum absolute atomic E-state index is 5.41. The van der Waals surface area contributed by atoms with Crippen molar-refractivity contribution in [1.29, 1.82) is 0 Å². The second-order valence-electron chi connectivity index (χ2n) is 4.91. The maximum atomic E-state index is 5.41. The number of rotatable bonds is 4. The van der Waals surface area contributed by atoms with E-state index < -0.39 is 0 Å². The van der Waals surface area contributed by atoms with E-state index in [9.17, 15) is 0 Å². The van der Waals surface area contributed by atoms with Gasteiger partial charge in [0.2, 0.25) is 5.88 Å². The van der Waals surface area contributed by atoms with Crippen molar-refractivity contribution >= 4 is 5.82 Å². The maximum Gasteiger partial charge on any atom is 0.215 e. The Hall–Kier alpha value is -1.25. The third kappa shape index (κ3) is 3.62. The van der Waals surface area contributed by atoms with Crippen LogP contribution in [0.25, 0.3) is 0 Å². The van der Waals surface area contributed by atoms with Crippen LogP contribution in [0.3, 0.4) is 0 Å². The molecule has 0 aliphatic heterocycles. The van der Waals surface area contributed by atoms with Gasteiger partial charge in [-0.1, -0.05) is 25.8 Å². The minimum atomic E-state index is 0.572. The van der Waals surface area contributed by atoms with Gasteiger partial charge in [-0.05, 0) is 31.7 Å². The molecule has 2 unspecified atom stereocenters. The first kappa shape index (κ1) is 12.2. The first-order valence-electron chi connectivity index (χ1n) is 6.64. The highest BCUT2D eigenvalue weighted by Crippen LogP contribution is 2.26. The van der Waals surface area contributed by atoms with Crippen LogP contribution in [-0.4, -0.2) is 17.6 Å². The predicted molar refractivity (Wildman–Crippen MR) is 70.4 cm³/mol. The Labute approximate surface area is 104 Å². The summed E-state index contributed by atoms with van der Waals surface area (Å²) >= 11 is 0. The quantitative estimate of drug-likeness (QED) is 0.866. The van der Waals surface area contributed by atoms with Crippen LogP contribution in [0.4, 0.5) is 5.82 Å². The zero-order chi connectivity index (χ0) is 12.1. The van der Waals surface area contributed by atoms with E-state index in [-0.39, 0.29) is 0 Å². The molecule has 0 saturated heterocycles. The Morgan fingerprint density at radius 3 is 3.06 bits per heavy atom. The molecule has 0 amide bonds. The lowest BCUT2D eigenvalue weighted by molar-refractivity contribution is 0.326. The first-order chi connectivity index (χ1) is 8.28. The van der Waals surface area contributed by atoms with Crippen molar-refractivity contribution in [2.75, 3.05) is 11.9 Å². The molecular weight excluding hydrogens is 212 g/mol. The molecule has 1 heterocycles. The average molecular weight is 234 g/mol. The van der Waals surface area contributed by atoms with Gasteiger partial charge >= 0.3 is 0 Å². The molecule has 2 rings (SSSR count). The van der Waals surface area contributed by atoms with Crippen molar-refractivity contribution < 1.29 is 4.74 Å². The van der Waals surface area contributed by atoms with Crippen molar-refractivity contribution in [2.45, 2.75) is 45.6 Å². The van der Waals surface area contributed by atoms with Gasteiger partial charge in [-0.3, -0.25) is 0 Å². The van der Waals surface area contributed by atoms with Gasteiger partial charge in [-0.25, -0.2) is 0 Å². The number of hydrogen-bond acceptors (Lipinski definition) is 3. The minimum absolute atomic E-state index is 0.572. The van der Waals surface area contributed by atoms with Crippen molar-refractivity contribution in [3.63, 3.8) is 0 Å². The molecular formula is C14H22N2O. The average Bonchev–Trinajstić information content (AvgIpc) is 2.30. The molecule has 1 N–H and O–H groups in total. The standard InChI is InChI=1S/C14H22N2O/c1-3-17-14-9-5-8-13(16-14)15-12-7-4-6-11(2)10-12/h5,8-9,11-12H,3-4,6-7,10H2,1-2H3,(H,15,16). The number of anilines is 1. The molecule has 1 aromatic heterocycles. The number of nitrogens with one attached hydrogen (secondary N) is 1. The number of pyridine rings is 1. The Kier molecular flexibility index (Phi) is 4.24. The summed E-state index contributed by atoms with van der Waals surface area (Å²) in [5, 5.41) is 3.52. The molecule has 0 radical (unpaired) electrons. The predicted octanol–water partition coefficient (Wildman–Crippen LogP) is 3.47. The molecule has 3 nitrogen and oxygen atoms in total. The van der Waals surface area contributed by atoms with E-state index in [1.165, 1.54) is 25.7 Å². The van der Waals surface area contributed by atoms with E-state index in [2.05, 4.69) is 17.2 Å². The normalized spacial score (nSPS) is 24.4. The lowest BCUT2D eigenvalue weighted by atomic mass is 9.87. The summed E-state index contributed by atoms with van der Waals surface area (Å²) in [5.74, 6) is 2.48. The summed E-state index contributed by atoms with van der Waals surface area (Å²) < 4.78 is 5.41. The van der Waals surface area contributed by atoms with Crippen LogP contribution < -0.4 is 10.1 Å². The SMILES string of the molecule is CCOc1cccc(NC2CCCC(C)C2)n1. The Bertz CT molecular complexity index is 354. The van der Waals surface area contributed by atoms with Gasteiger partial charge < -0.3 is 10.1 Å². The number of aromatic nitrogens is 1. The zero-order valence-electron chi connectivity index (χ0n) is 10.8. The summed E-state index contributed by atoms with van der Waals surface area (Å²) in [5.41, 5.74) is 0. The molecule has 1 saturated carbocycles. The van der Waals surface area contributed by atoms with Crippen LogP contribution in [0.5, 0.6) is 5.88 Å². The van der Waals surface area contributed by atoms with Crippen LogP contribution in [-0.2, 0) is 0 Å². The van der Waals surface area contributed by atoms with Crippen LogP contribution >= 0.6 is 0 Å². The molecule has 3 heteroatoms. The van der Waals surface area contributed by atoms with Gasteiger partial charge in [-0.15, -0.1) is 0 Å². The summed E-state index contributed by atoms with van der Waals surface area (Å²) in [6, 6.07) is 6.48. The van der Waals surface area contributed by atoms with E-state index >= 15 is 0 Å². The van der Waals surface area contributed by atoms with Gasteiger partial charge in [0, 0.05) is 12.1 Å². The lowest BCUT2D eigenvalue weighted by Crippen LogP contribution is -2.26. The van der Waals surface area contributed by atoms with Gasteiger partial charge in [-0.2, -0.15) is 4.98 Å². The molecule has 0 spiro atoms. The van der Waals surface area contributed by atoms with Gasteiger partial charge in [0.15, 0.2) is 0 Å². The number of ether oxygens (including phenoxy) is 1. The van der Waals surface area contributed by atoms with Crippen molar-refractivity contribution in [3.05, 3.63) is 18.2 Å². The van der Waals surface area contributed by atoms with Crippen LogP contribution in [0.15, 0.2) is 18.2 Å². The highest BCUT2D eigenvalue weighted by Gasteiger charge is 2.18. The Morgan fingerprint density at radius 1 is 1.41 bits per heavy atom. The number of hydrogen-bond donors (Lipinski definition) is 1. The summed E-state index contributed by atoms with van der Waals surface area (Å²) in [6.07, 6.45) is 5.19. The smallest absolute Gasteiger partial charge is 0.215 e. The van der Waals surface area contributed by atoms with E-state index in [0.717, 1.165) is 11.7 Å². The van der Waals surface area contributed by atoms with E-state index in [1.807, 2.05) is 25.1 Å². The fourth-order valence-corrected chi connectivity index (χ4v) is 2.50. The Morgan fingerprint density at radius 2 is 2.29 bits per heavy atom. The molecule has 0 bridgehead atoms. The molecule has 1 fully saturated rings. The van der Waals surface area contributed by atoms with Crippen molar-refractivity contribution in [1.82, 2.24) is 4.98 Å². The summed E-state index contributed by atoms with van der Waals surface area (Å²) in [6.45, 7) is 4.97. The van der Waals surface area contributed by atoms with Crippen LogP contribution in [0.1, 0.15) is 39.5 Å². The molecule has 17 heavy (non-hydrogen) atoms. The fraction of sp³-hybridized carbons (Fsp3) is 0.643. The topological polar surface area (TPSA) is 34.1 Å². The first-order valence-corrected chi connectivity index (χ1v) is 6.64. The largest absolute Gasteiger partial charge is 0.478 e. The molecule has 94 valence electrons. The molecule has 0 aromatic carbocycles. The summed E-state index contributed by atoms with van der Waals surface area (Å²) in [7, 11) is 0. The van der Waals surface area contributed by atoms with E-state index in [4.69, 9.17) is 4.74 Å². The molecule has 1 aliphatic rings. The van der Waals surface area contributed by atoms with Gasteiger partial charge in [0.25, 0.3) is 0 Å². The molecule has 1 aromatic rings. The molecule has 2 atom stereocenters. The Balaban J connectivity index is 1.95. The monoisotopic (exact) mass is 234 g/mol. The second-order valence-corrected chi connectivity index (χ2v) is 4.91. The fourth-order valence-electron chi connectivity index (χ4n) is 2.50. The summed E-state index contributed by atoms with van der Waals surface area (Å²) in [4.78, 5) is 4.45. The molecule has 1 aliphatic carbocycles. The van der Waals surface area contributed by atoms with Crippen molar-refractivity contribution in [3.8, 4) is 5.88 Å². The third-order valence-corrected chi connectivity index (χ3v) is 3.30. The van der Waals surface area contributed by atoms with Gasteiger partial charge in [0.1, 0.15) is 5.82 Å². The lowest BCUT2D eigenvalue weighted by Gasteiger charge is -2.27. The second kappa shape index (κ2) is 5.89. The zero-order valence-corrected chi connectivity index (χ0v) is 10.8. The van der Waals surface area contributed by atoms with Crippen LogP contribution in [0, 0.1) is 5.92 Å². The van der Waals surface area contributed by atoms with Crippen LogP contribution in [0.2, 0.25) is 0 Å². The van der Waals surface area contributed by atoms with E-state index in [1.54, 1.807) is 0 Å². The third-order valence-electron chi connectivity index (χ3n) is 3.30. The van der Waals surface area contributed by atoms with Gasteiger partial charge in [0.05, 0.1) is 6.61 Å². The minimum Gasteiger partial charge on any atom is -0.478 e. The number of nitrogens with zero attached hydrogens (tertiary/aromatic N) is 1.